The number of rotatable bonds is 12. The molecule has 1 heterocycles. The molecule has 0 fully saturated rings. The largest absolute Gasteiger partial charge is 0.369 e. The third-order valence-electron chi connectivity index (χ3n) is 5.88. The Morgan fingerprint density at radius 1 is 0.950 bits per heavy atom. The van der Waals surface area contributed by atoms with Crippen LogP contribution < -0.4 is 9.61 Å². The fourth-order valence-electron chi connectivity index (χ4n) is 3.98. The van der Waals surface area contributed by atoms with Gasteiger partial charge in [-0.25, -0.2) is 12.7 Å². The molecule has 0 radical (unpaired) electrons. The van der Waals surface area contributed by atoms with Crippen molar-refractivity contribution in [3.05, 3.63) is 100 Å². The van der Waals surface area contributed by atoms with Crippen LogP contribution in [-0.4, -0.2) is 31.7 Å². The van der Waals surface area contributed by atoms with Crippen molar-refractivity contribution in [2.24, 2.45) is 0 Å². The molecular formula is C27H28N3O8PS. The predicted molar refractivity (Wildman–Crippen MR) is 150 cm³/mol. The summed E-state index contributed by atoms with van der Waals surface area (Å²) in [6, 6.07) is 20.4. The van der Waals surface area contributed by atoms with Gasteiger partial charge < -0.3 is 13.6 Å². The molecule has 4 rings (SSSR count). The van der Waals surface area contributed by atoms with Crippen LogP contribution in [0, 0.1) is 17.0 Å². The van der Waals surface area contributed by atoms with Gasteiger partial charge in [0, 0.05) is 17.7 Å². The molecule has 3 aromatic carbocycles. The molecule has 0 saturated heterocycles. The number of nitro benzene ring substituents is 1. The molecule has 0 amide bonds. The lowest BCUT2D eigenvalue weighted by molar-refractivity contribution is -0.384. The highest BCUT2D eigenvalue weighted by Crippen LogP contribution is 2.52. The van der Waals surface area contributed by atoms with E-state index in [0.29, 0.717) is 11.1 Å². The van der Waals surface area contributed by atoms with E-state index >= 15 is 0 Å². The summed E-state index contributed by atoms with van der Waals surface area (Å²) >= 11 is 0. The SMILES string of the molecule is CCOP(=O)(OCC)c1c(-c2ccc([N+](=O)[O-])cc2)noc1N(Cc1ccccc1)S(=O)(=O)c1ccc(C)cc1. The summed E-state index contributed by atoms with van der Waals surface area (Å²) in [5.74, 6) is -0.344. The number of hydrogen-bond donors (Lipinski definition) is 0. The number of nitro groups is 1. The topological polar surface area (TPSA) is 142 Å². The summed E-state index contributed by atoms with van der Waals surface area (Å²) in [5.41, 5.74) is 1.60. The van der Waals surface area contributed by atoms with Crippen molar-refractivity contribution in [1.82, 2.24) is 5.16 Å². The van der Waals surface area contributed by atoms with Gasteiger partial charge in [-0.2, -0.15) is 0 Å². The van der Waals surface area contributed by atoms with Gasteiger partial charge in [-0.1, -0.05) is 53.2 Å². The molecule has 0 aliphatic rings. The highest BCUT2D eigenvalue weighted by atomic mass is 32.2. The summed E-state index contributed by atoms with van der Waals surface area (Å²) in [4.78, 5) is 10.6. The number of aromatic nitrogens is 1. The first-order valence-corrected chi connectivity index (χ1v) is 15.4. The number of aryl methyl sites for hydroxylation is 1. The fraction of sp³-hybridized carbons (Fsp3) is 0.222. The Hall–Kier alpha value is -3.83. The molecular weight excluding hydrogens is 557 g/mol. The van der Waals surface area contributed by atoms with Crippen LogP contribution in [0.5, 0.6) is 0 Å². The maximum Gasteiger partial charge on any atom is 0.369 e. The van der Waals surface area contributed by atoms with Crippen molar-refractivity contribution in [3.8, 4) is 11.3 Å². The van der Waals surface area contributed by atoms with Crippen LogP contribution in [-0.2, 0) is 30.2 Å². The zero-order chi connectivity index (χ0) is 28.9. The summed E-state index contributed by atoms with van der Waals surface area (Å²) in [6.45, 7) is 4.85. The Balaban J connectivity index is 1.99. The standard InChI is InChI=1S/C27H28N3O8PS/c1-4-36-39(33,37-5-2)26-25(22-13-15-23(16-14-22)30(31)32)28-38-27(26)29(19-21-9-7-6-8-10-21)40(34,35)24-17-11-20(3)12-18-24/h6-18H,4-5,19H2,1-3H3. The predicted octanol–water partition coefficient (Wildman–Crippen LogP) is 5.85. The Kier molecular flexibility index (Phi) is 8.85. The van der Waals surface area contributed by atoms with Gasteiger partial charge in [-0.15, -0.1) is 0 Å². The van der Waals surface area contributed by atoms with E-state index in [0.717, 1.165) is 9.87 Å². The van der Waals surface area contributed by atoms with Gasteiger partial charge in [0.25, 0.3) is 21.6 Å². The Morgan fingerprint density at radius 2 is 1.55 bits per heavy atom. The van der Waals surface area contributed by atoms with E-state index in [4.69, 9.17) is 13.6 Å². The lowest BCUT2D eigenvalue weighted by atomic mass is 10.1. The first kappa shape index (κ1) is 29.2. The average Bonchev–Trinajstić information content (AvgIpc) is 3.38. The minimum absolute atomic E-state index is 0.0177. The van der Waals surface area contributed by atoms with Crippen LogP contribution in [0.15, 0.2) is 88.3 Å². The maximum absolute atomic E-state index is 14.3. The molecule has 0 saturated carbocycles. The van der Waals surface area contributed by atoms with Crippen molar-refractivity contribution in [2.75, 3.05) is 17.5 Å². The van der Waals surface area contributed by atoms with Crippen LogP contribution in [0.3, 0.4) is 0 Å². The second kappa shape index (κ2) is 12.1. The molecule has 0 unspecified atom stereocenters. The second-order valence-electron chi connectivity index (χ2n) is 8.63. The van der Waals surface area contributed by atoms with Crippen molar-refractivity contribution in [3.63, 3.8) is 0 Å². The third kappa shape index (κ3) is 6.00. The fourth-order valence-corrected chi connectivity index (χ4v) is 7.28. The van der Waals surface area contributed by atoms with Crippen LogP contribution in [0.2, 0.25) is 0 Å². The molecule has 0 aliphatic heterocycles. The van der Waals surface area contributed by atoms with Crippen LogP contribution in [0.25, 0.3) is 11.3 Å². The van der Waals surface area contributed by atoms with Gasteiger partial charge in [0.1, 0.15) is 5.69 Å². The zero-order valence-electron chi connectivity index (χ0n) is 22.1. The Bertz CT molecular complexity index is 1610. The molecule has 0 atom stereocenters. The van der Waals surface area contributed by atoms with Crippen LogP contribution in [0.4, 0.5) is 11.6 Å². The normalized spacial score (nSPS) is 11.9. The molecule has 11 nitrogen and oxygen atoms in total. The molecule has 1 aromatic heterocycles. The van der Waals surface area contributed by atoms with Gasteiger partial charge >= 0.3 is 7.60 Å². The van der Waals surface area contributed by atoms with Crippen LogP contribution in [0.1, 0.15) is 25.0 Å². The quantitative estimate of drug-likeness (QED) is 0.114. The van der Waals surface area contributed by atoms with Gasteiger partial charge in [-0.05, 0) is 50.6 Å². The first-order valence-electron chi connectivity index (χ1n) is 12.4. The van der Waals surface area contributed by atoms with Gasteiger partial charge in [0.15, 0.2) is 5.30 Å². The van der Waals surface area contributed by atoms with E-state index in [-0.39, 0.29) is 47.2 Å². The zero-order valence-corrected chi connectivity index (χ0v) is 23.8. The van der Waals surface area contributed by atoms with E-state index in [1.54, 1.807) is 56.3 Å². The number of anilines is 1. The first-order chi connectivity index (χ1) is 19.1. The number of non-ortho nitro benzene ring substituents is 1. The highest BCUT2D eigenvalue weighted by molar-refractivity contribution is 7.92. The van der Waals surface area contributed by atoms with E-state index in [2.05, 4.69) is 5.16 Å². The van der Waals surface area contributed by atoms with Crippen LogP contribution >= 0.6 is 7.60 Å². The van der Waals surface area contributed by atoms with E-state index in [1.165, 1.54) is 36.4 Å². The Morgan fingerprint density at radius 3 is 2.10 bits per heavy atom. The second-order valence-corrected chi connectivity index (χ2v) is 12.5. The molecule has 0 aliphatic carbocycles. The van der Waals surface area contributed by atoms with Gasteiger partial charge in [0.05, 0.1) is 29.6 Å². The third-order valence-corrected chi connectivity index (χ3v) is 9.77. The van der Waals surface area contributed by atoms with Crippen molar-refractivity contribution in [1.29, 1.82) is 0 Å². The maximum atomic E-state index is 14.3. The minimum atomic E-state index is -4.29. The average molecular weight is 586 g/mol. The molecule has 13 heteroatoms. The van der Waals surface area contributed by atoms with Crippen molar-refractivity contribution < 1.29 is 31.5 Å². The monoisotopic (exact) mass is 585 g/mol. The molecule has 0 bridgehead atoms. The summed E-state index contributed by atoms with van der Waals surface area (Å²) in [7, 11) is -8.51. The van der Waals surface area contributed by atoms with E-state index < -0.39 is 22.5 Å². The lowest BCUT2D eigenvalue weighted by Crippen LogP contribution is -2.34. The van der Waals surface area contributed by atoms with E-state index in [1.807, 2.05) is 6.92 Å². The Labute approximate surface area is 232 Å². The van der Waals surface area contributed by atoms with Crippen molar-refractivity contribution >= 4 is 34.5 Å². The summed E-state index contributed by atoms with van der Waals surface area (Å²) < 4.78 is 60.3. The molecule has 4 aromatic rings. The number of nitrogens with zero attached hydrogens (tertiary/aromatic N) is 3. The number of sulfonamides is 1. The lowest BCUT2D eigenvalue weighted by Gasteiger charge is -2.25. The number of hydrogen-bond acceptors (Lipinski definition) is 9. The molecule has 0 spiro atoms. The summed E-state index contributed by atoms with van der Waals surface area (Å²) in [6.07, 6.45) is 0. The molecule has 40 heavy (non-hydrogen) atoms. The van der Waals surface area contributed by atoms with Gasteiger partial charge in [0.2, 0.25) is 0 Å². The smallest absolute Gasteiger partial charge is 0.336 e. The minimum Gasteiger partial charge on any atom is -0.336 e. The van der Waals surface area contributed by atoms with E-state index in [9.17, 15) is 23.1 Å². The molecule has 210 valence electrons. The van der Waals surface area contributed by atoms with Gasteiger partial charge in [-0.3, -0.25) is 14.7 Å². The highest BCUT2D eigenvalue weighted by Gasteiger charge is 2.42. The molecule has 0 N–H and O–H groups in total. The van der Waals surface area contributed by atoms with Crippen molar-refractivity contribution in [2.45, 2.75) is 32.2 Å². The summed E-state index contributed by atoms with van der Waals surface area (Å²) in [5, 5.41) is 15.1. The number of benzene rings is 3.